The van der Waals surface area contributed by atoms with E-state index in [4.69, 9.17) is 4.74 Å². The van der Waals surface area contributed by atoms with Crippen LogP contribution in [0.4, 0.5) is 17.3 Å². The molecule has 11 heteroatoms. The number of nitrogens with zero attached hydrogens (tertiary/aromatic N) is 5. The van der Waals surface area contributed by atoms with Crippen LogP contribution in [0.25, 0.3) is 16.8 Å². The maximum absolute atomic E-state index is 12.3. The Kier molecular flexibility index (Phi) is 6.92. The molecular weight excluding hydrogens is 516 g/mol. The van der Waals surface area contributed by atoms with Crippen LogP contribution >= 0.6 is 0 Å². The van der Waals surface area contributed by atoms with Gasteiger partial charge in [-0.05, 0) is 61.6 Å². The minimum atomic E-state index is -3.47. The standard InChI is InChI=1S/C28H30N6O4S/c1-33(39(3,36)37)24-7-5-4-6-22(24)25-11-9-20-17-30-27(32-34(20)25)31-23-10-8-19(16-26(23)38-2)28(18-29)14-12-21(35)13-15-28/h4-11,16-17,21,35H,12-15H2,1-3H3,(H,31,32). The van der Waals surface area contributed by atoms with E-state index in [1.807, 2.05) is 42.5 Å². The monoisotopic (exact) mass is 546 g/mol. The lowest BCUT2D eigenvalue weighted by molar-refractivity contribution is 0.109. The topological polar surface area (TPSA) is 133 Å². The van der Waals surface area contributed by atoms with Crippen molar-refractivity contribution < 1.29 is 18.3 Å². The molecular formula is C28H30N6O4S. The van der Waals surface area contributed by atoms with E-state index < -0.39 is 15.4 Å². The first-order chi connectivity index (χ1) is 18.6. The first-order valence-electron chi connectivity index (χ1n) is 12.6. The first-order valence-corrected chi connectivity index (χ1v) is 14.4. The molecule has 0 spiro atoms. The summed E-state index contributed by atoms with van der Waals surface area (Å²) < 4.78 is 33.1. The fraction of sp³-hybridized carbons (Fsp3) is 0.321. The average molecular weight is 547 g/mol. The lowest BCUT2D eigenvalue weighted by atomic mass is 9.70. The summed E-state index contributed by atoms with van der Waals surface area (Å²) in [5.41, 5.74) is 3.52. The van der Waals surface area contributed by atoms with Crippen molar-refractivity contribution in [2.45, 2.75) is 37.2 Å². The Balaban J connectivity index is 1.50. The van der Waals surface area contributed by atoms with Gasteiger partial charge in [0.1, 0.15) is 5.75 Å². The smallest absolute Gasteiger partial charge is 0.245 e. The largest absolute Gasteiger partial charge is 0.495 e. The number of aliphatic hydroxyl groups is 1. The molecule has 202 valence electrons. The van der Waals surface area contributed by atoms with E-state index >= 15 is 0 Å². The molecule has 10 nitrogen and oxygen atoms in total. The number of fused-ring (bicyclic) bond motifs is 1. The molecule has 1 aliphatic carbocycles. The molecule has 0 saturated heterocycles. The Morgan fingerprint density at radius 1 is 1.18 bits per heavy atom. The predicted octanol–water partition coefficient (Wildman–Crippen LogP) is 4.24. The third-order valence-corrected chi connectivity index (χ3v) is 8.63. The van der Waals surface area contributed by atoms with Crippen LogP contribution in [0.3, 0.4) is 0 Å². The van der Waals surface area contributed by atoms with Gasteiger partial charge in [-0.25, -0.2) is 17.9 Å². The molecule has 0 amide bonds. The quantitative estimate of drug-likeness (QED) is 0.352. The molecule has 0 bridgehead atoms. The van der Waals surface area contributed by atoms with Gasteiger partial charge in [0, 0.05) is 12.6 Å². The summed E-state index contributed by atoms with van der Waals surface area (Å²) in [7, 11) is -0.379. The van der Waals surface area contributed by atoms with Gasteiger partial charge in [0.15, 0.2) is 0 Å². The van der Waals surface area contributed by atoms with Gasteiger partial charge in [-0.2, -0.15) is 5.26 Å². The Hall–Kier alpha value is -4.14. The highest BCUT2D eigenvalue weighted by Gasteiger charge is 2.37. The first kappa shape index (κ1) is 26.5. The van der Waals surface area contributed by atoms with Gasteiger partial charge >= 0.3 is 0 Å². The molecule has 1 saturated carbocycles. The van der Waals surface area contributed by atoms with Crippen LogP contribution in [0.15, 0.2) is 60.8 Å². The van der Waals surface area contributed by atoms with Crippen LogP contribution in [0.2, 0.25) is 0 Å². The molecule has 39 heavy (non-hydrogen) atoms. The van der Waals surface area contributed by atoms with E-state index in [9.17, 15) is 18.8 Å². The van der Waals surface area contributed by atoms with E-state index in [1.54, 1.807) is 30.0 Å². The number of aromatic nitrogens is 3. The number of sulfonamides is 1. The summed E-state index contributed by atoms with van der Waals surface area (Å²) in [6.45, 7) is 0. The summed E-state index contributed by atoms with van der Waals surface area (Å²) in [4.78, 5) is 4.45. The number of hydrogen-bond acceptors (Lipinski definition) is 8. The van der Waals surface area contributed by atoms with Crippen LogP contribution < -0.4 is 14.4 Å². The van der Waals surface area contributed by atoms with Crippen LogP contribution in [0.5, 0.6) is 5.75 Å². The van der Waals surface area contributed by atoms with E-state index in [1.165, 1.54) is 17.6 Å². The summed E-state index contributed by atoms with van der Waals surface area (Å²) in [6, 6.07) is 19.1. The van der Waals surface area contributed by atoms with Gasteiger partial charge in [-0.3, -0.25) is 4.31 Å². The summed E-state index contributed by atoms with van der Waals surface area (Å²) in [5, 5.41) is 27.8. The zero-order valence-corrected chi connectivity index (χ0v) is 22.8. The lowest BCUT2D eigenvalue weighted by Gasteiger charge is -2.33. The van der Waals surface area contributed by atoms with Gasteiger partial charge < -0.3 is 15.2 Å². The van der Waals surface area contributed by atoms with E-state index in [0.717, 1.165) is 11.1 Å². The van der Waals surface area contributed by atoms with Crippen LogP contribution in [0, 0.1) is 11.3 Å². The molecule has 4 aromatic rings. The minimum absolute atomic E-state index is 0.315. The highest BCUT2D eigenvalue weighted by Crippen LogP contribution is 2.42. The number of nitrogens with one attached hydrogen (secondary N) is 1. The van der Waals surface area contributed by atoms with Crippen molar-refractivity contribution in [3.05, 3.63) is 66.4 Å². The maximum atomic E-state index is 12.3. The van der Waals surface area contributed by atoms with E-state index in [-0.39, 0.29) is 6.10 Å². The minimum Gasteiger partial charge on any atom is -0.495 e. The molecule has 2 aromatic carbocycles. The fourth-order valence-corrected chi connectivity index (χ4v) is 5.60. The van der Waals surface area contributed by atoms with E-state index in [0.29, 0.717) is 60.0 Å². The Labute approximate surface area is 227 Å². The van der Waals surface area contributed by atoms with Gasteiger partial charge in [0.25, 0.3) is 0 Å². The van der Waals surface area contributed by atoms with Gasteiger partial charge in [-0.1, -0.05) is 24.3 Å². The highest BCUT2D eigenvalue weighted by atomic mass is 32.2. The second-order valence-electron chi connectivity index (χ2n) is 9.85. The van der Waals surface area contributed by atoms with Crippen LogP contribution in [-0.4, -0.2) is 54.6 Å². The summed E-state index contributed by atoms with van der Waals surface area (Å²) in [6.07, 6.45) is 4.84. The maximum Gasteiger partial charge on any atom is 0.245 e. The fourth-order valence-electron chi connectivity index (χ4n) is 5.08. The number of methoxy groups -OCH3 is 1. The Morgan fingerprint density at radius 2 is 1.92 bits per heavy atom. The van der Waals surface area contributed by atoms with Crippen molar-refractivity contribution in [1.29, 1.82) is 5.26 Å². The number of rotatable bonds is 7. The van der Waals surface area contributed by atoms with Crippen LogP contribution in [0.1, 0.15) is 31.2 Å². The second kappa shape index (κ2) is 10.2. The molecule has 0 unspecified atom stereocenters. The SMILES string of the molecule is COc1cc(C2(C#N)CCC(O)CC2)ccc1Nc1ncc2ccc(-c3ccccc3N(C)S(C)(=O)=O)n2n1. The third kappa shape index (κ3) is 5.01. The molecule has 5 rings (SSSR count). The van der Waals surface area contributed by atoms with Gasteiger partial charge in [0.05, 0.1) is 59.7 Å². The van der Waals surface area contributed by atoms with Gasteiger partial charge in [0.2, 0.25) is 16.0 Å². The number of nitriles is 1. The second-order valence-corrected chi connectivity index (χ2v) is 11.9. The molecule has 1 aliphatic rings. The number of anilines is 3. The number of benzene rings is 2. The van der Waals surface area contributed by atoms with Crippen molar-refractivity contribution in [2.75, 3.05) is 30.0 Å². The molecule has 2 heterocycles. The Morgan fingerprint density at radius 3 is 2.62 bits per heavy atom. The zero-order valence-electron chi connectivity index (χ0n) is 22.0. The number of hydrogen-bond donors (Lipinski definition) is 2. The summed E-state index contributed by atoms with van der Waals surface area (Å²) in [5.74, 6) is 0.862. The third-order valence-electron chi connectivity index (χ3n) is 7.44. The molecule has 0 aliphatic heterocycles. The zero-order chi connectivity index (χ0) is 27.8. The molecule has 0 radical (unpaired) electrons. The summed E-state index contributed by atoms with van der Waals surface area (Å²) >= 11 is 0. The number of aliphatic hydroxyl groups excluding tert-OH is 1. The normalized spacial score (nSPS) is 19.4. The van der Waals surface area contributed by atoms with Crippen molar-refractivity contribution in [1.82, 2.24) is 14.6 Å². The van der Waals surface area contributed by atoms with Crippen LogP contribution in [-0.2, 0) is 15.4 Å². The number of ether oxygens (including phenoxy) is 1. The van der Waals surface area contributed by atoms with Crippen molar-refractivity contribution in [3.8, 4) is 23.1 Å². The molecule has 1 fully saturated rings. The molecule has 2 aromatic heterocycles. The number of para-hydroxylation sites is 1. The molecule has 2 N–H and O–H groups in total. The van der Waals surface area contributed by atoms with Crippen molar-refractivity contribution in [2.24, 2.45) is 0 Å². The van der Waals surface area contributed by atoms with E-state index in [2.05, 4.69) is 21.5 Å². The van der Waals surface area contributed by atoms with Gasteiger partial charge in [-0.15, -0.1) is 5.10 Å². The Bertz CT molecular complexity index is 1670. The van der Waals surface area contributed by atoms with Crippen molar-refractivity contribution >= 4 is 32.9 Å². The average Bonchev–Trinajstić information content (AvgIpc) is 3.36. The van der Waals surface area contributed by atoms with Crippen molar-refractivity contribution in [3.63, 3.8) is 0 Å². The predicted molar refractivity (Wildman–Crippen MR) is 150 cm³/mol. The lowest BCUT2D eigenvalue weighted by Crippen LogP contribution is -2.32. The highest BCUT2D eigenvalue weighted by molar-refractivity contribution is 7.92. The molecule has 0 atom stereocenters.